The van der Waals surface area contributed by atoms with E-state index in [2.05, 4.69) is 0 Å². The van der Waals surface area contributed by atoms with E-state index in [4.69, 9.17) is 5.41 Å². The smallest absolute Gasteiger partial charge is 0.316 e. The first-order valence-electron chi connectivity index (χ1n) is 6.82. The molecule has 0 bridgehead atoms. The largest absolute Gasteiger partial charge is 0.416 e. The van der Waals surface area contributed by atoms with Gasteiger partial charge in [0, 0.05) is 10.9 Å². The summed E-state index contributed by atoms with van der Waals surface area (Å²) in [6.07, 6.45) is -10.0. The number of amidine groups is 1. The molecule has 138 valence electrons. The van der Waals surface area contributed by atoms with Gasteiger partial charge in [0.1, 0.15) is 0 Å². The Hall–Kier alpha value is -1.43. The van der Waals surface area contributed by atoms with Crippen LogP contribution in [0, 0.1) is 5.41 Å². The molecule has 2 aliphatic heterocycles. The number of benzene rings is 1. The van der Waals surface area contributed by atoms with Gasteiger partial charge in [-0.15, -0.1) is 0 Å². The van der Waals surface area contributed by atoms with Gasteiger partial charge in [-0.05, 0) is 18.2 Å². The van der Waals surface area contributed by atoms with Crippen molar-refractivity contribution in [2.45, 2.75) is 23.6 Å². The van der Waals surface area contributed by atoms with Crippen molar-refractivity contribution in [1.29, 1.82) is 5.41 Å². The van der Waals surface area contributed by atoms with Crippen molar-refractivity contribution in [3.05, 3.63) is 29.3 Å². The van der Waals surface area contributed by atoms with Crippen LogP contribution in [0.25, 0.3) is 0 Å². The van der Waals surface area contributed by atoms with Crippen molar-refractivity contribution in [1.82, 2.24) is 0 Å². The molecule has 1 N–H and O–H groups in total. The minimum absolute atomic E-state index is 0.000786. The second kappa shape index (κ2) is 5.53. The van der Waals surface area contributed by atoms with Crippen LogP contribution in [0.15, 0.2) is 18.2 Å². The van der Waals surface area contributed by atoms with E-state index < -0.39 is 56.0 Å². The monoisotopic (exact) mass is 404 g/mol. The molecule has 0 saturated carbocycles. The number of hydrogen-bond acceptors (Lipinski definition) is 4. The van der Waals surface area contributed by atoms with Gasteiger partial charge < -0.3 is 4.90 Å². The van der Waals surface area contributed by atoms with Crippen molar-refractivity contribution in [2.75, 3.05) is 16.4 Å². The van der Waals surface area contributed by atoms with Crippen LogP contribution >= 0.6 is 11.8 Å². The molecule has 2 aliphatic rings. The van der Waals surface area contributed by atoms with E-state index in [0.29, 0.717) is 12.1 Å². The molecule has 1 aromatic rings. The van der Waals surface area contributed by atoms with Gasteiger partial charge in [0.05, 0.1) is 28.7 Å². The Morgan fingerprint density at radius 3 is 2.00 bits per heavy atom. The van der Waals surface area contributed by atoms with Crippen LogP contribution in [-0.2, 0) is 22.2 Å². The highest BCUT2D eigenvalue weighted by Crippen LogP contribution is 2.44. The number of nitrogens with one attached hydrogen (secondary N) is 1. The minimum atomic E-state index is -5.01. The molecule has 3 rings (SSSR count). The molecule has 25 heavy (non-hydrogen) atoms. The van der Waals surface area contributed by atoms with Gasteiger partial charge in [-0.1, -0.05) is 11.8 Å². The third-order valence-electron chi connectivity index (χ3n) is 3.94. The maximum atomic E-state index is 13.0. The minimum Gasteiger partial charge on any atom is -0.316 e. The average molecular weight is 404 g/mol. The zero-order valence-corrected chi connectivity index (χ0v) is 13.8. The molecule has 0 radical (unpaired) electrons. The van der Waals surface area contributed by atoms with E-state index in [9.17, 15) is 34.8 Å². The van der Waals surface area contributed by atoms with Gasteiger partial charge >= 0.3 is 12.4 Å². The van der Waals surface area contributed by atoms with Crippen LogP contribution in [0.3, 0.4) is 0 Å². The van der Waals surface area contributed by atoms with Crippen molar-refractivity contribution in [2.24, 2.45) is 0 Å². The lowest BCUT2D eigenvalue weighted by Crippen LogP contribution is -2.37. The summed E-state index contributed by atoms with van der Waals surface area (Å²) in [6.45, 7) is 0. The van der Waals surface area contributed by atoms with E-state index >= 15 is 0 Å². The van der Waals surface area contributed by atoms with E-state index in [1.165, 1.54) is 0 Å². The van der Waals surface area contributed by atoms with Crippen LogP contribution in [-0.4, -0.2) is 36.4 Å². The fraction of sp³-hybridized carbons (Fsp3) is 0.462. The highest BCUT2D eigenvalue weighted by molar-refractivity contribution is 8.15. The molecule has 0 unspecified atom stereocenters. The molecule has 0 aliphatic carbocycles. The molecule has 2 atom stereocenters. The number of fused-ring (bicyclic) bond motifs is 1. The quantitative estimate of drug-likeness (QED) is 0.729. The molecule has 4 nitrogen and oxygen atoms in total. The fourth-order valence-corrected chi connectivity index (χ4v) is 6.68. The molecular formula is C13H10F6N2O2S2. The topological polar surface area (TPSA) is 61.2 Å². The average Bonchev–Trinajstić information content (AvgIpc) is 2.86. The molecule has 2 heterocycles. The van der Waals surface area contributed by atoms with Crippen LogP contribution < -0.4 is 4.90 Å². The number of alkyl halides is 6. The lowest BCUT2D eigenvalue weighted by Gasteiger charge is -2.26. The van der Waals surface area contributed by atoms with Gasteiger partial charge in [-0.25, -0.2) is 8.42 Å². The molecule has 0 aromatic heterocycles. The Labute approximate surface area is 142 Å². The first-order valence-corrected chi connectivity index (χ1v) is 9.52. The third kappa shape index (κ3) is 3.46. The summed E-state index contributed by atoms with van der Waals surface area (Å²) >= 11 is 0.836. The van der Waals surface area contributed by atoms with E-state index in [0.717, 1.165) is 16.7 Å². The summed E-state index contributed by atoms with van der Waals surface area (Å²) < 4.78 is 101. The maximum Gasteiger partial charge on any atom is 0.416 e. The van der Waals surface area contributed by atoms with Gasteiger partial charge in [0.15, 0.2) is 15.0 Å². The van der Waals surface area contributed by atoms with E-state index in [-0.39, 0.29) is 17.0 Å². The molecular weight excluding hydrogens is 394 g/mol. The van der Waals surface area contributed by atoms with Crippen LogP contribution in [0.4, 0.5) is 32.0 Å². The summed E-state index contributed by atoms with van der Waals surface area (Å²) in [7, 11) is -3.45. The Morgan fingerprint density at radius 1 is 1.00 bits per heavy atom. The lowest BCUT2D eigenvalue weighted by molar-refractivity contribution is -0.143. The second-order valence-corrected chi connectivity index (χ2v) is 9.12. The molecule has 1 aromatic carbocycles. The summed E-state index contributed by atoms with van der Waals surface area (Å²) in [6, 6.07) is 0.168. The van der Waals surface area contributed by atoms with Gasteiger partial charge in [-0.3, -0.25) is 5.41 Å². The first kappa shape index (κ1) is 18.4. The zero-order chi connectivity index (χ0) is 18.8. The second-order valence-electron chi connectivity index (χ2n) is 5.74. The van der Waals surface area contributed by atoms with Crippen molar-refractivity contribution < 1.29 is 34.8 Å². The predicted molar refractivity (Wildman–Crippen MR) is 80.5 cm³/mol. The van der Waals surface area contributed by atoms with E-state index in [1.807, 2.05) is 0 Å². The highest BCUT2D eigenvalue weighted by atomic mass is 32.2. The summed E-state index contributed by atoms with van der Waals surface area (Å²) in [5.41, 5.74) is -3.48. The first-order chi connectivity index (χ1) is 11.3. The van der Waals surface area contributed by atoms with Crippen molar-refractivity contribution in [3.63, 3.8) is 0 Å². The number of sulfone groups is 1. The predicted octanol–water partition coefficient (Wildman–Crippen LogP) is 3.38. The molecule has 2 saturated heterocycles. The number of halogens is 6. The Bertz CT molecular complexity index is 802. The Balaban J connectivity index is 2.11. The number of rotatable bonds is 1. The molecule has 0 amide bonds. The van der Waals surface area contributed by atoms with Crippen molar-refractivity contribution in [3.8, 4) is 0 Å². The Kier molecular flexibility index (Phi) is 4.06. The third-order valence-corrected chi connectivity index (χ3v) is 7.07. The summed E-state index contributed by atoms with van der Waals surface area (Å²) in [5.74, 6) is -0.670. The normalized spacial score (nSPS) is 26.2. The Morgan fingerprint density at radius 2 is 1.52 bits per heavy atom. The number of nitrogens with zero attached hydrogens (tertiary/aromatic N) is 1. The lowest BCUT2D eigenvalue weighted by atomic mass is 10.1. The molecule has 0 spiro atoms. The van der Waals surface area contributed by atoms with E-state index in [1.54, 1.807) is 0 Å². The summed E-state index contributed by atoms with van der Waals surface area (Å²) in [5, 5.41) is 7.01. The number of thioether (sulfide) groups is 1. The van der Waals surface area contributed by atoms with Gasteiger partial charge in [0.2, 0.25) is 0 Å². The SMILES string of the molecule is N=C1S[C@@H]2CS(=O)(=O)C[C@H]2N1c1cc(C(F)(F)F)cc(C(F)(F)F)c1. The van der Waals surface area contributed by atoms with Crippen molar-refractivity contribution >= 4 is 32.5 Å². The zero-order valence-electron chi connectivity index (χ0n) is 12.1. The molecule has 2 fully saturated rings. The highest BCUT2D eigenvalue weighted by Gasteiger charge is 2.49. The number of hydrogen-bond donors (Lipinski definition) is 1. The van der Waals surface area contributed by atoms with Crippen LogP contribution in [0.5, 0.6) is 0 Å². The molecule has 12 heteroatoms. The number of anilines is 1. The van der Waals surface area contributed by atoms with Gasteiger partial charge in [0.25, 0.3) is 0 Å². The standard InChI is InChI=1S/C13H10F6N2O2S2/c14-12(15,16)6-1-7(13(17,18)19)3-8(2-6)21-9-4-25(22,23)5-10(9)24-11(21)20/h1-3,9-10,20H,4-5H2/t9-,10-/m1/s1. The fourth-order valence-electron chi connectivity index (χ4n) is 2.89. The van der Waals surface area contributed by atoms with Gasteiger partial charge in [-0.2, -0.15) is 26.3 Å². The van der Waals surface area contributed by atoms with Crippen LogP contribution in [0.1, 0.15) is 11.1 Å². The maximum absolute atomic E-state index is 13.0. The summed E-state index contributed by atoms with van der Waals surface area (Å²) in [4.78, 5) is 0.949. The van der Waals surface area contributed by atoms with Crippen LogP contribution in [0.2, 0.25) is 0 Å².